The summed E-state index contributed by atoms with van der Waals surface area (Å²) in [6.45, 7) is 2.93. The molecule has 1 aliphatic heterocycles. The molecule has 22 heavy (non-hydrogen) atoms. The largest absolute Gasteiger partial charge is 0.352 e. The SMILES string of the molecule is CCC(C(=O)N1CCSC1c1cccn1C)c1ccccc1. The third-order valence-corrected chi connectivity index (χ3v) is 5.55. The van der Waals surface area contributed by atoms with Gasteiger partial charge in [-0.1, -0.05) is 37.3 Å². The van der Waals surface area contributed by atoms with Crippen LogP contribution < -0.4 is 0 Å². The van der Waals surface area contributed by atoms with Gasteiger partial charge in [0.2, 0.25) is 5.91 Å². The first-order valence-corrected chi connectivity index (χ1v) is 8.85. The minimum Gasteiger partial charge on any atom is -0.352 e. The van der Waals surface area contributed by atoms with Gasteiger partial charge in [-0.25, -0.2) is 0 Å². The van der Waals surface area contributed by atoms with Crippen LogP contribution in [0.5, 0.6) is 0 Å². The number of aromatic nitrogens is 1. The number of carbonyl (C=O) groups excluding carboxylic acids is 1. The molecule has 0 N–H and O–H groups in total. The standard InChI is InChI=1S/C18H22N2OS/c1-3-15(14-8-5-4-6-9-14)17(21)20-12-13-22-18(20)16-10-7-11-19(16)2/h4-11,15,18H,3,12-13H2,1-2H3. The zero-order valence-electron chi connectivity index (χ0n) is 13.1. The molecule has 3 rings (SSSR count). The Morgan fingerprint density at radius 2 is 2.05 bits per heavy atom. The molecule has 4 heteroatoms. The van der Waals surface area contributed by atoms with Gasteiger partial charge in [0.1, 0.15) is 5.37 Å². The maximum atomic E-state index is 13.1. The molecule has 3 nitrogen and oxygen atoms in total. The topological polar surface area (TPSA) is 25.2 Å². The van der Waals surface area contributed by atoms with Gasteiger partial charge < -0.3 is 9.47 Å². The maximum absolute atomic E-state index is 13.1. The molecule has 2 atom stereocenters. The highest BCUT2D eigenvalue weighted by molar-refractivity contribution is 7.99. The molecular weight excluding hydrogens is 292 g/mol. The molecule has 1 aliphatic rings. The molecule has 1 fully saturated rings. The molecule has 0 spiro atoms. The van der Waals surface area contributed by atoms with Crippen molar-refractivity contribution in [2.24, 2.45) is 7.05 Å². The first-order chi connectivity index (χ1) is 10.7. The normalized spacial score (nSPS) is 19.4. The Balaban J connectivity index is 1.85. The van der Waals surface area contributed by atoms with Gasteiger partial charge in [-0.2, -0.15) is 0 Å². The summed E-state index contributed by atoms with van der Waals surface area (Å²) >= 11 is 1.86. The molecule has 0 saturated carbocycles. The number of aryl methyl sites for hydroxylation is 1. The van der Waals surface area contributed by atoms with E-state index in [1.54, 1.807) is 0 Å². The van der Waals surface area contributed by atoms with Crippen LogP contribution in [0.25, 0.3) is 0 Å². The average Bonchev–Trinajstić information content (AvgIpc) is 3.17. The van der Waals surface area contributed by atoms with Gasteiger partial charge in [-0.05, 0) is 24.1 Å². The van der Waals surface area contributed by atoms with Crippen LogP contribution in [0.15, 0.2) is 48.7 Å². The summed E-state index contributed by atoms with van der Waals surface area (Å²) < 4.78 is 2.12. The van der Waals surface area contributed by atoms with E-state index < -0.39 is 0 Å². The first-order valence-electron chi connectivity index (χ1n) is 7.80. The second-order valence-corrected chi connectivity index (χ2v) is 6.86. The van der Waals surface area contributed by atoms with Gasteiger partial charge in [-0.15, -0.1) is 11.8 Å². The van der Waals surface area contributed by atoms with Crippen LogP contribution >= 0.6 is 11.8 Å². The van der Waals surface area contributed by atoms with Gasteiger partial charge in [0.15, 0.2) is 0 Å². The summed E-state index contributed by atoms with van der Waals surface area (Å²) in [5.41, 5.74) is 2.33. The molecule has 2 unspecified atom stereocenters. The molecule has 1 saturated heterocycles. The molecule has 116 valence electrons. The lowest BCUT2D eigenvalue weighted by molar-refractivity contribution is -0.133. The van der Waals surface area contributed by atoms with Crippen LogP contribution in [0.1, 0.15) is 35.9 Å². The van der Waals surface area contributed by atoms with Crippen molar-refractivity contribution in [3.8, 4) is 0 Å². The van der Waals surface area contributed by atoms with Crippen LogP contribution in [0, 0.1) is 0 Å². The van der Waals surface area contributed by atoms with Gasteiger partial charge >= 0.3 is 0 Å². The second kappa shape index (κ2) is 6.61. The van der Waals surface area contributed by atoms with Gasteiger partial charge in [0.25, 0.3) is 0 Å². The molecule has 2 aromatic rings. The first kappa shape index (κ1) is 15.2. The number of thioether (sulfide) groups is 1. The molecule has 0 bridgehead atoms. The summed E-state index contributed by atoms with van der Waals surface area (Å²) in [7, 11) is 2.05. The Morgan fingerprint density at radius 3 is 2.68 bits per heavy atom. The molecule has 2 heterocycles. The van der Waals surface area contributed by atoms with Crippen LogP contribution in [0.3, 0.4) is 0 Å². The Morgan fingerprint density at radius 1 is 1.27 bits per heavy atom. The van der Waals surface area contributed by atoms with Gasteiger partial charge in [0.05, 0.1) is 11.6 Å². The Hall–Kier alpha value is -1.68. The van der Waals surface area contributed by atoms with Crippen molar-refractivity contribution in [1.29, 1.82) is 0 Å². The van der Waals surface area contributed by atoms with E-state index >= 15 is 0 Å². The molecule has 1 amide bonds. The van der Waals surface area contributed by atoms with E-state index in [-0.39, 0.29) is 17.2 Å². The van der Waals surface area contributed by atoms with Crippen molar-refractivity contribution in [3.05, 3.63) is 59.9 Å². The van der Waals surface area contributed by atoms with Crippen LogP contribution in [0.2, 0.25) is 0 Å². The van der Waals surface area contributed by atoms with Crippen LogP contribution in [-0.2, 0) is 11.8 Å². The summed E-state index contributed by atoms with van der Waals surface area (Å²) in [6, 6.07) is 14.3. The molecular formula is C18H22N2OS. The van der Waals surface area contributed by atoms with E-state index in [1.807, 2.05) is 49.3 Å². The highest BCUT2D eigenvalue weighted by Gasteiger charge is 2.35. The number of rotatable bonds is 4. The average molecular weight is 314 g/mol. The summed E-state index contributed by atoms with van der Waals surface area (Å²) in [4.78, 5) is 15.2. The Kier molecular flexibility index (Phi) is 4.57. The van der Waals surface area contributed by atoms with E-state index in [1.165, 1.54) is 5.69 Å². The minimum atomic E-state index is -0.0392. The lowest BCUT2D eigenvalue weighted by Gasteiger charge is -2.28. The fraction of sp³-hybridized carbons (Fsp3) is 0.389. The molecule has 0 radical (unpaired) electrons. The minimum absolute atomic E-state index is 0.0392. The lowest BCUT2D eigenvalue weighted by atomic mass is 9.95. The van der Waals surface area contributed by atoms with Crippen molar-refractivity contribution in [3.63, 3.8) is 0 Å². The van der Waals surface area contributed by atoms with E-state index in [4.69, 9.17) is 0 Å². The number of benzene rings is 1. The van der Waals surface area contributed by atoms with Crippen LogP contribution in [0.4, 0.5) is 0 Å². The van der Waals surface area contributed by atoms with Crippen molar-refractivity contribution < 1.29 is 4.79 Å². The lowest BCUT2D eigenvalue weighted by Crippen LogP contribution is -2.35. The predicted octanol–water partition coefficient (Wildman–Crippen LogP) is 3.79. The summed E-state index contributed by atoms with van der Waals surface area (Å²) in [6.07, 6.45) is 2.88. The van der Waals surface area contributed by atoms with E-state index in [0.717, 1.165) is 24.3 Å². The summed E-state index contributed by atoms with van der Waals surface area (Å²) in [5, 5.41) is 0.144. The fourth-order valence-electron chi connectivity index (χ4n) is 3.11. The number of carbonyl (C=O) groups is 1. The fourth-order valence-corrected chi connectivity index (χ4v) is 4.44. The van der Waals surface area contributed by atoms with E-state index in [9.17, 15) is 4.79 Å². The molecule has 1 aromatic heterocycles. The maximum Gasteiger partial charge on any atom is 0.231 e. The smallest absolute Gasteiger partial charge is 0.231 e. The van der Waals surface area contributed by atoms with Crippen molar-refractivity contribution in [2.45, 2.75) is 24.6 Å². The van der Waals surface area contributed by atoms with Crippen molar-refractivity contribution in [2.75, 3.05) is 12.3 Å². The number of nitrogens with zero attached hydrogens (tertiary/aromatic N) is 2. The van der Waals surface area contributed by atoms with Crippen molar-refractivity contribution in [1.82, 2.24) is 9.47 Å². The third kappa shape index (κ3) is 2.80. The zero-order chi connectivity index (χ0) is 15.5. The predicted molar refractivity (Wildman–Crippen MR) is 91.8 cm³/mol. The number of amides is 1. The van der Waals surface area contributed by atoms with Crippen LogP contribution in [-0.4, -0.2) is 27.7 Å². The van der Waals surface area contributed by atoms with Crippen molar-refractivity contribution >= 4 is 17.7 Å². The molecule has 0 aliphatic carbocycles. The second-order valence-electron chi connectivity index (χ2n) is 5.67. The molecule has 1 aromatic carbocycles. The van der Waals surface area contributed by atoms with E-state index in [0.29, 0.717) is 0 Å². The Labute approximate surface area is 136 Å². The third-order valence-electron chi connectivity index (χ3n) is 4.32. The quantitative estimate of drug-likeness (QED) is 0.858. The van der Waals surface area contributed by atoms with E-state index in [2.05, 4.69) is 34.6 Å². The summed E-state index contributed by atoms with van der Waals surface area (Å²) in [5.74, 6) is 1.22. The zero-order valence-corrected chi connectivity index (χ0v) is 13.9. The van der Waals surface area contributed by atoms with Gasteiger partial charge in [-0.3, -0.25) is 4.79 Å². The van der Waals surface area contributed by atoms with Gasteiger partial charge in [0, 0.05) is 25.5 Å². The number of hydrogen-bond donors (Lipinski definition) is 0. The Bertz CT molecular complexity index is 638. The number of hydrogen-bond acceptors (Lipinski definition) is 2. The monoisotopic (exact) mass is 314 g/mol. The highest BCUT2D eigenvalue weighted by Crippen LogP contribution is 2.40. The highest BCUT2D eigenvalue weighted by atomic mass is 32.2.